The number of ether oxygens (including phenoxy) is 1. The van der Waals surface area contributed by atoms with Crippen molar-refractivity contribution < 1.29 is 4.74 Å². The van der Waals surface area contributed by atoms with Crippen LogP contribution in [-0.2, 0) is 4.74 Å². The van der Waals surface area contributed by atoms with Crippen molar-refractivity contribution in [1.29, 1.82) is 0 Å². The van der Waals surface area contributed by atoms with Gasteiger partial charge in [-0.05, 0) is 48.7 Å². The zero-order valence-corrected chi connectivity index (χ0v) is 12.6. The molecule has 0 saturated heterocycles. The minimum absolute atomic E-state index is 0.397. The van der Waals surface area contributed by atoms with E-state index in [1.54, 1.807) is 0 Å². The van der Waals surface area contributed by atoms with E-state index < -0.39 is 0 Å². The summed E-state index contributed by atoms with van der Waals surface area (Å²) in [5.74, 6) is 0. The molecule has 104 valence electrons. The molecule has 3 heteroatoms. The fourth-order valence-corrected chi connectivity index (χ4v) is 3.29. The predicted octanol–water partition coefficient (Wildman–Crippen LogP) is 4.37. The molecule has 0 fully saturated rings. The first-order chi connectivity index (χ1) is 9.36. The highest BCUT2D eigenvalue weighted by Crippen LogP contribution is 2.30. The lowest BCUT2D eigenvalue weighted by atomic mass is 10.0. The van der Waals surface area contributed by atoms with Gasteiger partial charge in [0.2, 0.25) is 0 Å². The second-order valence-electron chi connectivity index (χ2n) is 4.68. The zero-order valence-electron chi connectivity index (χ0n) is 11.8. The summed E-state index contributed by atoms with van der Waals surface area (Å²) in [7, 11) is 0. The summed E-state index contributed by atoms with van der Waals surface area (Å²) in [6.07, 6.45) is 2.19. The van der Waals surface area contributed by atoms with Gasteiger partial charge in [0, 0.05) is 24.0 Å². The number of thiophene rings is 1. The lowest BCUT2D eigenvalue weighted by molar-refractivity contribution is 0.136. The van der Waals surface area contributed by atoms with Gasteiger partial charge in [0.05, 0.1) is 0 Å². The minimum atomic E-state index is 0.397. The van der Waals surface area contributed by atoms with E-state index >= 15 is 0 Å². The van der Waals surface area contributed by atoms with Gasteiger partial charge in [-0.25, -0.2) is 0 Å². The molecule has 1 atom stereocenters. The highest BCUT2D eigenvalue weighted by molar-refractivity contribution is 7.17. The smallest absolute Gasteiger partial charge is 0.0484 e. The molecule has 2 rings (SSSR count). The molecule has 2 aromatic rings. The van der Waals surface area contributed by atoms with Crippen molar-refractivity contribution in [1.82, 2.24) is 5.32 Å². The van der Waals surface area contributed by atoms with Crippen molar-refractivity contribution in [2.24, 2.45) is 0 Å². The molecule has 1 heterocycles. The topological polar surface area (TPSA) is 21.3 Å². The van der Waals surface area contributed by atoms with Crippen LogP contribution in [-0.4, -0.2) is 19.8 Å². The van der Waals surface area contributed by atoms with Crippen LogP contribution in [0.4, 0.5) is 0 Å². The Kier molecular flexibility index (Phi) is 5.83. The van der Waals surface area contributed by atoms with E-state index in [1.165, 1.54) is 15.6 Å². The Balaban J connectivity index is 2.17. The van der Waals surface area contributed by atoms with E-state index in [0.717, 1.165) is 32.6 Å². The standard InChI is InChI=1S/C16H23NOS/c1-3-10-17-15(8-11-18-4-2)14-7-5-6-13-9-12-19-16(13)14/h5-7,9,12,15,17H,3-4,8,10-11H2,1-2H3. The van der Waals surface area contributed by atoms with Crippen LogP contribution in [0.15, 0.2) is 29.6 Å². The summed E-state index contributed by atoms with van der Waals surface area (Å²) in [6.45, 7) is 6.93. The molecule has 0 aliphatic carbocycles. The van der Waals surface area contributed by atoms with Crippen LogP contribution < -0.4 is 5.32 Å². The van der Waals surface area contributed by atoms with Crippen molar-refractivity contribution >= 4 is 21.4 Å². The third-order valence-corrected chi connectivity index (χ3v) is 4.26. The van der Waals surface area contributed by atoms with Crippen molar-refractivity contribution in [3.05, 3.63) is 35.2 Å². The van der Waals surface area contributed by atoms with Crippen LogP contribution in [0.1, 0.15) is 38.3 Å². The van der Waals surface area contributed by atoms with Crippen LogP contribution in [0.3, 0.4) is 0 Å². The van der Waals surface area contributed by atoms with Gasteiger partial charge in [-0.15, -0.1) is 11.3 Å². The summed E-state index contributed by atoms with van der Waals surface area (Å²) in [5.41, 5.74) is 1.42. The third kappa shape index (κ3) is 3.78. The van der Waals surface area contributed by atoms with Gasteiger partial charge >= 0.3 is 0 Å². The van der Waals surface area contributed by atoms with Gasteiger partial charge in [0.25, 0.3) is 0 Å². The van der Waals surface area contributed by atoms with Gasteiger partial charge in [0.15, 0.2) is 0 Å². The molecule has 1 aromatic carbocycles. The Labute approximate surface area is 119 Å². The quantitative estimate of drug-likeness (QED) is 0.723. The van der Waals surface area contributed by atoms with Gasteiger partial charge in [0.1, 0.15) is 0 Å². The molecule has 2 nitrogen and oxygen atoms in total. The molecule has 0 spiro atoms. The molecular formula is C16H23NOS. The maximum atomic E-state index is 5.52. The van der Waals surface area contributed by atoms with E-state index in [-0.39, 0.29) is 0 Å². The highest BCUT2D eigenvalue weighted by atomic mass is 32.1. The fraction of sp³-hybridized carbons (Fsp3) is 0.500. The maximum Gasteiger partial charge on any atom is 0.0484 e. The molecule has 0 bridgehead atoms. The molecular weight excluding hydrogens is 254 g/mol. The largest absolute Gasteiger partial charge is 0.382 e. The number of hydrogen-bond donors (Lipinski definition) is 1. The Hall–Kier alpha value is -0.900. The average molecular weight is 277 g/mol. The Morgan fingerprint density at radius 2 is 2.16 bits per heavy atom. The van der Waals surface area contributed by atoms with Crippen molar-refractivity contribution in [2.45, 2.75) is 32.7 Å². The van der Waals surface area contributed by atoms with Crippen molar-refractivity contribution in [3.8, 4) is 0 Å². The highest BCUT2D eigenvalue weighted by Gasteiger charge is 2.14. The van der Waals surface area contributed by atoms with E-state index in [2.05, 4.69) is 48.8 Å². The third-order valence-electron chi connectivity index (χ3n) is 3.28. The van der Waals surface area contributed by atoms with E-state index in [0.29, 0.717) is 6.04 Å². The second-order valence-corrected chi connectivity index (χ2v) is 5.59. The first-order valence-corrected chi connectivity index (χ1v) is 8.02. The number of benzene rings is 1. The Bertz CT molecular complexity index is 494. The summed E-state index contributed by atoms with van der Waals surface area (Å²) >= 11 is 1.83. The number of rotatable bonds is 8. The van der Waals surface area contributed by atoms with Gasteiger partial charge in [-0.3, -0.25) is 0 Å². The molecule has 1 unspecified atom stereocenters. The van der Waals surface area contributed by atoms with Gasteiger partial charge in [-0.2, -0.15) is 0 Å². The maximum absolute atomic E-state index is 5.52. The van der Waals surface area contributed by atoms with Crippen LogP contribution in [0.5, 0.6) is 0 Å². The van der Waals surface area contributed by atoms with Crippen LogP contribution in [0, 0.1) is 0 Å². The number of fused-ring (bicyclic) bond motifs is 1. The summed E-state index contributed by atoms with van der Waals surface area (Å²) in [4.78, 5) is 0. The van der Waals surface area contributed by atoms with E-state index in [4.69, 9.17) is 4.74 Å². The predicted molar refractivity (Wildman–Crippen MR) is 84.0 cm³/mol. The molecule has 0 aliphatic rings. The summed E-state index contributed by atoms with van der Waals surface area (Å²) in [5, 5.41) is 7.18. The number of hydrogen-bond acceptors (Lipinski definition) is 3. The fourth-order valence-electron chi connectivity index (χ4n) is 2.32. The van der Waals surface area contributed by atoms with E-state index in [9.17, 15) is 0 Å². The minimum Gasteiger partial charge on any atom is -0.382 e. The second kappa shape index (κ2) is 7.63. The summed E-state index contributed by atoms with van der Waals surface area (Å²) < 4.78 is 6.93. The monoisotopic (exact) mass is 277 g/mol. The molecule has 1 aromatic heterocycles. The molecule has 1 N–H and O–H groups in total. The first kappa shape index (κ1) is 14.5. The van der Waals surface area contributed by atoms with Crippen molar-refractivity contribution in [3.63, 3.8) is 0 Å². The van der Waals surface area contributed by atoms with Gasteiger partial charge < -0.3 is 10.1 Å². The molecule has 0 aliphatic heterocycles. The van der Waals surface area contributed by atoms with Gasteiger partial charge in [-0.1, -0.05) is 25.1 Å². The molecule has 19 heavy (non-hydrogen) atoms. The lowest BCUT2D eigenvalue weighted by Crippen LogP contribution is -2.23. The normalized spacial score (nSPS) is 12.9. The lowest BCUT2D eigenvalue weighted by Gasteiger charge is -2.19. The molecule has 0 saturated carbocycles. The first-order valence-electron chi connectivity index (χ1n) is 7.14. The Morgan fingerprint density at radius 1 is 1.26 bits per heavy atom. The average Bonchev–Trinajstić information content (AvgIpc) is 2.91. The van der Waals surface area contributed by atoms with Crippen molar-refractivity contribution in [2.75, 3.05) is 19.8 Å². The van der Waals surface area contributed by atoms with E-state index in [1.807, 2.05) is 11.3 Å². The SMILES string of the molecule is CCCNC(CCOCC)c1cccc2ccsc12. The molecule has 0 radical (unpaired) electrons. The summed E-state index contributed by atoms with van der Waals surface area (Å²) in [6, 6.07) is 9.19. The molecule has 0 amide bonds. The zero-order chi connectivity index (χ0) is 13.5. The Morgan fingerprint density at radius 3 is 2.95 bits per heavy atom. The number of nitrogens with one attached hydrogen (secondary N) is 1. The van der Waals surface area contributed by atoms with Crippen LogP contribution in [0.2, 0.25) is 0 Å². The van der Waals surface area contributed by atoms with Crippen LogP contribution >= 0.6 is 11.3 Å². The van der Waals surface area contributed by atoms with Crippen LogP contribution in [0.25, 0.3) is 10.1 Å².